The van der Waals surface area contributed by atoms with E-state index in [0.717, 1.165) is 36.1 Å². The number of alkyl halides is 1. The summed E-state index contributed by atoms with van der Waals surface area (Å²) in [6.45, 7) is 9.93. The first-order valence-electron chi connectivity index (χ1n) is 10.9. The second kappa shape index (κ2) is 6.13. The summed E-state index contributed by atoms with van der Waals surface area (Å²) < 4.78 is 13.1. The number of rotatable bonds is 1. The molecule has 2 aliphatic carbocycles. The third-order valence-corrected chi connectivity index (χ3v) is 9.95. The summed E-state index contributed by atoms with van der Waals surface area (Å²) in [5.41, 5.74) is 2.58. The third kappa shape index (κ3) is 2.33. The number of methoxy groups -OCH3 is 1. The molecule has 1 aromatic rings. The Kier molecular flexibility index (Phi) is 4.16. The summed E-state index contributed by atoms with van der Waals surface area (Å²) in [5, 5.41) is 2.93. The normalized spacial score (nSPS) is 42.1. The van der Waals surface area contributed by atoms with E-state index < -0.39 is 0 Å². The third-order valence-electron chi connectivity index (χ3n) is 9.10. The lowest BCUT2D eigenvalue weighted by molar-refractivity contribution is -0.231. The Labute approximate surface area is 178 Å². The van der Waals surface area contributed by atoms with Gasteiger partial charge >= 0.3 is 0 Å². The van der Waals surface area contributed by atoms with Gasteiger partial charge in [-0.1, -0.05) is 33.8 Å². The van der Waals surface area contributed by atoms with Crippen molar-refractivity contribution in [3.05, 3.63) is 28.8 Å². The van der Waals surface area contributed by atoms with Crippen LogP contribution in [0.4, 0.5) is 0 Å². The molecule has 1 aromatic carbocycles. The van der Waals surface area contributed by atoms with E-state index in [1.807, 2.05) is 6.07 Å². The van der Waals surface area contributed by atoms with Crippen LogP contribution in [-0.2, 0) is 17.7 Å². The molecule has 0 radical (unpaired) electrons. The lowest BCUT2D eigenvalue weighted by atomic mass is 9.43. The fourth-order valence-corrected chi connectivity index (χ4v) is 7.48. The predicted octanol–water partition coefficient (Wildman–Crippen LogP) is 4.71. The SMILES string of the molecule is CO[C@@H]1C[C@@]23Oc4c(ccc5c4CNC5=O)C[C@]2(C)[C@@H](C)CC[C@H]3C(C)(C)[C@H]1Cl. The Balaban J connectivity index is 1.72. The molecule has 0 unspecified atom stereocenters. The molecule has 4 aliphatic rings. The van der Waals surface area contributed by atoms with Crippen molar-refractivity contribution in [1.82, 2.24) is 5.32 Å². The smallest absolute Gasteiger partial charge is 0.252 e. The monoisotopic (exact) mass is 417 g/mol. The number of halogens is 1. The summed E-state index contributed by atoms with van der Waals surface area (Å²) in [6.07, 6.45) is 4.03. The highest BCUT2D eigenvalue weighted by Crippen LogP contribution is 2.67. The summed E-state index contributed by atoms with van der Waals surface area (Å²) >= 11 is 6.98. The minimum absolute atomic E-state index is 0.00171. The molecule has 1 N–H and O–H groups in total. The molecule has 2 heterocycles. The number of hydrogen-bond acceptors (Lipinski definition) is 3. The molecular weight excluding hydrogens is 386 g/mol. The predicted molar refractivity (Wildman–Crippen MR) is 114 cm³/mol. The van der Waals surface area contributed by atoms with E-state index >= 15 is 0 Å². The van der Waals surface area contributed by atoms with E-state index in [9.17, 15) is 4.79 Å². The Bertz CT molecular complexity index is 883. The second-order valence-corrected chi connectivity index (χ2v) is 11.1. The van der Waals surface area contributed by atoms with E-state index in [1.54, 1.807) is 7.11 Å². The molecular formula is C24H32ClNO3. The maximum atomic E-state index is 12.3. The largest absolute Gasteiger partial charge is 0.486 e. The topological polar surface area (TPSA) is 47.6 Å². The van der Waals surface area contributed by atoms with Gasteiger partial charge in [-0.25, -0.2) is 0 Å². The molecule has 5 rings (SSSR count). The van der Waals surface area contributed by atoms with Gasteiger partial charge in [0.2, 0.25) is 0 Å². The number of fused-ring (bicyclic) bond motifs is 3. The zero-order valence-corrected chi connectivity index (χ0v) is 18.9. The summed E-state index contributed by atoms with van der Waals surface area (Å²) in [7, 11) is 1.77. The van der Waals surface area contributed by atoms with Gasteiger partial charge in [-0.3, -0.25) is 4.79 Å². The van der Waals surface area contributed by atoms with Crippen molar-refractivity contribution in [2.45, 2.75) is 77.0 Å². The van der Waals surface area contributed by atoms with E-state index in [-0.39, 0.29) is 33.8 Å². The number of hydrogen-bond donors (Lipinski definition) is 1. The van der Waals surface area contributed by atoms with E-state index in [4.69, 9.17) is 21.1 Å². The van der Waals surface area contributed by atoms with Gasteiger partial charge in [0, 0.05) is 42.5 Å². The molecule has 6 atom stereocenters. The van der Waals surface area contributed by atoms with Crippen LogP contribution in [0.5, 0.6) is 5.75 Å². The van der Waals surface area contributed by atoms with Crippen LogP contribution in [0, 0.1) is 22.7 Å². The summed E-state index contributed by atoms with van der Waals surface area (Å²) in [4.78, 5) is 12.3. The lowest BCUT2D eigenvalue weighted by Gasteiger charge is -2.68. The van der Waals surface area contributed by atoms with Crippen molar-refractivity contribution < 1.29 is 14.3 Å². The summed E-state index contributed by atoms with van der Waals surface area (Å²) in [6, 6.07) is 4.09. The molecule has 1 spiro atoms. The molecule has 1 amide bonds. The minimum Gasteiger partial charge on any atom is -0.486 e. The number of benzene rings is 1. The molecule has 0 bridgehead atoms. The van der Waals surface area contributed by atoms with Gasteiger partial charge in [-0.15, -0.1) is 11.6 Å². The molecule has 0 saturated heterocycles. The van der Waals surface area contributed by atoms with Crippen LogP contribution in [0.2, 0.25) is 0 Å². The highest BCUT2D eigenvalue weighted by molar-refractivity contribution is 6.21. The van der Waals surface area contributed by atoms with Crippen LogP contribution in [0.1, 0.15) is 68.4 Å². The fourth-order valence-electron chi connectivity index (χ4n) is 7.13. The second-order valence-electron chi connectivity index (χ2n) is 10.6. The van der Waals surface area contributed by atoms with Crippen molar-refractivity contribution in [3.63, 3.8) is 0 Å². The van der Waals surface area contributed by atoms with Crippen LogP contribution in [0.25, 0.3) is 0 Å². The number of nitrogens with one attached hydrogen (secondary N) is 1. The van der Waals surface area contributed by atoms with Gasteiger partial charge in [-0.05, 0) is 42.2 Å². The zero-order chi connectivity index (χ0) is 20.8. The molecule has 2 aliphatic heterocycles. The standard InChI is InChI=1S/C24H32ClNO3/c1-13-6-9-18-22(2,3)20(25)17(28-5)11-24(18)23(13,4)10-14-7-8-15-16(19(14)29-24)12-26-21(15)27/h7-8,13,17-18,20H,6,9-12H2,1-5H3,(H,26,27)/t13-,17+,18-,20-,23+,24-/m0/s1. The van der Waals surface area contributed by atoms with Crippen LogP contribution in [0.15, 0.2) is 12.1 Å². The number of ether oxygens (including phenoxy) is 2. The maximum Gasteiger partial charge on any atom is 0.252 e. The highest BCUT2D eigenvalue weighted by Gasteiger charge is 2.69. The molecule has 2 fully saturated rings. The number of carbonyl (C=O) groups is 1. The van der Waals surface area contributed by atoms with Gasteiger partial charge in [-0.2, -0.15) is 0 Å². The first kappa shape index (κ1) is 19.7. The minimum atomic E-state index is -0.339. The average Bonchev–Trinajstić information content (AvgIpc) is 3.06. The van der Waals surface area contributed by atoms with E-state index in [0.29, 0.717) is 18.4 Å². The molecule has 158 valence electrons. The summed E-state index contributed by atoms with van der Waals surface area (Å²) in [5.74, 6) is 1.83. The van der Waals surface area contributed by atoms with Crippen LogP contribution in [0.3, 0.4) is 0 Å². The maximum absolute atomic E-state index is 12.3. The Hall–Kier alpha value is -1.26. The average molecular weight is 418 g/mol. The van der Waals surface area contributed by atoms with Crippen molar-refractivity contribution >= 4 is 17.5 Å². The highest BCUT2D eigenvalue weighted by atomic mass is 35.5. The van der Waals surface area contributed by atoms with Crippen molar-refractivity contribution in [2.75, 3.05) is 7.11 Å². The molecule has 2 saturated carbocycles. The van der Waals surface area contributed by atoms with Crippen LogP contribution in [-0.4, -0.2) is 30.1 Å². The number of amides is 1. The Morgan fingerprint density at radius 3 is 2.72 bits per heavy atom. The van der Waals surface area contributed by atoms with Crippen LogP contribution < -0.4 is 10.1 Å². The quantitative estimate of drug-likeness (QED) is 0.673. The van der Waals surface area contributed by atoms with Gasteiger partial charge in [0.15, 0.2) is 0 Å². The number of carbonyl (C=O) groups excluding carboxylic acids is 1. The molecule has 4 nitrogen and oxygen atoms in total. The van der Waals surface area contributed by atoms with Crippen LogP contribution >= 0.6 is 11.6 Å². The fraction of sp³-hybridized carbons (Fsp3) is 0.708. The van der Waals surface area contributed by atoms with Gasteiger partial charge in [0.05, 0.1) is 11.5 Å². The van der Waals surface area contributed by atoms with Crippen molar-refractivity contribution in [2.24, 2.45) is 22.7 Å². The molecule has 29 heavy (non-hydrogen) atoms. The first-order valence-corrected chi connectivity index (χ1v) is 11.4. The van der Waals surface area contributed by atoms with E-state index in [2.05, 4.69) is 39.1 Å². The molecule has 0 aromatic heterocycles. The van der Waals surface area contributed by atoms with Crippen molar-refractivity contribution in [3.8, 4) is 5.75 Å². The molecule has 5 heteroatoms. The van der Waals surface area contributed by atoms with Gasteiger partial charge in [0.1, 0.15) is 11.4 Å². The van der Waals surface area contributed by atoms with E-state index in [1.165, 1.54) is 12.0 Å². The van der Waals surface area contributed by atoms with Gasteiger partial charge in [0.25, 0.3) is 5.91 Å². The zero-order valence-electron chi connectivity index (χ0n) is 18.1. The Morgan fingerprint density at radius 1 is 1.24 bits per heavy atom. The Morgan fingerprint density at radius 2 is 2.00 bits per heavy atom. The van der Waals surface area contributed by atoms with Gasteiger partial charge < -0.3 is 14.8 Å². The van der Waals surface area contributed by atoms with Crippen molar-refractivity contribution in [1.29, 1.82) is 0 Å². The lowest BCUT2D eigenvalue weighted by Crippen LogP contribution is -2.72. The first-order chi connectivity index (χ1) is 13.7.